The first kappa shape index (κ1) is 18.4. The predicted molar refractivity (Wildman–Crippen MR) is 107 cm³/mol. The van der Waals surface area contributed by atoms with Crippen LogP contribution >= 0.6 is 0 Å². The molecule has 4 nitrogen and oxygen atoms in total. The van der Waals surface area contributed by atoms with Crippen LogP contribution in [0.3, 0.4) is 0 Å². The lowest BCUT2D eigenvalue weighted by atomic mass is 9.52. The zero-order valence-electron chi connectivity index (χ0n) is 17.1. The van der Waals surface area contributed by atoms with Gasteiger partial charge in [-0.05, 0) is 92.8 Å². The summed E-state index contributed by atoms with van der Waals surface area (Å²) in [5.74, 6) is 6.73. The lowest BCUT2D eigenvalue weighted by molar-refractivity contribution is -0.126. The number of Topliss-reactive ketones (excluding diaryl/α,β-unsaturated/α-hetero) is 1. The zero-order valence-corrected chi connectivity index (χ0v) is 17.1. The van der Waals surface area contributed by atoms with E-state index in [1.165, 1.54) is 51.4 Å². The molecule has 1 aromatic rings. The first-order valence-electron chi connectivity index (χ1n) is 11.6. The van der Waals surface area contributed by atoms with Crippen molar-refractivity contribution in [1.29, 1.82) is 5.26 Å². The van der Waals surface area contributed by atoms with Crippen molar-refractivity contribution in [1.82, 2.24) is 9.78 Å². The third kappa shape index (κ3) is 3.11. The highest BCUT2D eigenvalue weighted by Crippen LogP contribution is 2.59. The molecule has 0 amide bonds. The fraction of sp³-hybridized carbons (Fsp3) is 0.792. The number of carbonyl (C=O) groups is 1. The van der Waals surface area contributed by atoms with Gasteiger partial charge in [0, 0.05) is 12.1 Å². The van der Waals surface area contributed by atoms with Crippen LogP contribution in [0.4, 0.5) is 0 Å². The van der Waals surface area contributed by atoms with Crippen LogP contribution in [0.2, 0.25) is 0 Å². The molecule has 0 spiro atoms. The van der Waals surface area contributed by atoms with Gasteiger partial charge in [0.05, 0.1) is 18.3 Å². The van der Waals surface area contributed by atoms with Gasteiger partial charge in [0.2, 0.25) is 0 Å². The van der Waals surface area contributed by atoms with Crippen molar-refractivity contribution in [3.63, 3.8) is 0 Å². The third-order valence-electron chi connectivity index (χ3n) is 9.03. The number of hydrogen-bond donors (Lipinski definition) is 0. The maximum absolute atomic E-state index is 13.0. The Balaban J connectivity index is 1.26. The number of aromatic nitrogens is 2. The molecule has 0 saturated heterocycles. The van der Waals surface area contributed by atoms with Crippen LogP contribution in [0, 0.1) is 58.7 Å². The summed E-state index contributed by atoms with van der Waals surface area (Å²) in [6.07, 6.45) is 15.5. The number of fused-ring (bicyclic) bond motifs is 5. The predicted octanol–water partition coefficient (Wildman–Crippen LogP) is 4.84. The molecule has 0 aliphatic heterocycles. The zero-order chi connectivity index (χ0) is 19.3. The Morgan fingerprint density at radius 2 is 1.71 bits per heavy atom. The molecule has 4 saturated carbocycles. The Morgan fingerprint density at radius 1 is 1.04 bits per heavy atom. The van der Waals surface area contributed by atoms with Gasteiger partial charge in [-0.3, -0.25) is 9.48 Å². The second-order valence-corrected chi connectivity index (χ2v) is 10.3. The molecule has 1 heterocycles. The lowest BCUT2D eigenvalue weighted by Crippen LogP contribution is -2.45. The Labute approximate surface area is 168 Å². The molecule has 4 aliphatic rings. The molecular weight excluding hydrogens is 346 g/mol. The van der Waals surface area contributed by atoms with Crippen LogP contribution in [-0.4, -0.2) is 15.6 Å². The fourth-order valence-electron chi connectivity index (χ4n) is 7.93. The quantitative estimate of drug-likeness (QED) is 0.755. The van der Waals surface area contributed by atoms with E-state index in [2.05, 4.69) is 18.1 Å². The third-order valence-corrected chi connectivity index (χ3v) is 9.03. The minimum Gasteiger partial charge on any atom is -0.297 e. The minimum absolute atomic E-state index is 0.227. The monoisotopic (exact) mass is 379 g/mol. The molecule has 8 atom stereocenters. The summed E-state index contributed by atoms with van der Waals surface area (Å²) in [6.45, 7) is 2.79. The number of nitrogens with zero attached hydrogens (tertiary/aromatic N) is 3. The van der Waals surface area contributed by atoms with Crippen LogP contribution in [0.15, 0.2) is 12.4 Å². The van der Waals surface area contributed by atoms with E-state index in [1.54, 1.807) is 17.1 Å². The van der Waals surface area contributed by atoms with Crippen molar-refractivity contribution in [2.45, 2.75) is 71.3 Å². The van der Waals surface area contributed by atoms with Gasteiger partial charge in [0.15, 0.2) is 5.78 Å². The Morgan fingerprint density at radius 3 is 2.54 bits per heavy atom. The SMILES string of the molecule is C[C@H]1CC[C@H]2C(CC[C@@H]3C2CC[C@H]2C3CC[C@@H]2C(=O)Cn2cc(C#N)cn2)C1. The summed E-state index contributed by atoms with van der Waals surface area (Å²) in [7, 11) is 0. The summed E-state index contributed by atoms with van der Waals surface area (Å²) in [6, 6.07) is 2.10. The second kappa shape index (κ2) is 7.32. The highest BCUT2D eigenvalue weighted by molar-refractivity contribution is 5.81. The number of nitriles is 1. The van der Waals surface area contributed by atoms with E-state index >= 15 is 0 Å². The van der Waals surface area contributed by atoms with Crippen LogP contribution in [0.5, 0.6) is 0 Å². The van der Waals surface area contributed by atoms with Gasteiger partial charge in [-0.1, -0.05) is 13.3 Å². The number of hydrogen-bond acceptors (Lipinski definition) is 3. The second-order valence-electron chi connectivity index (χ2n) is 10.3. The first-order chi connectivity index (χ1) is 13.6. The van der Waals surface area contributed by atoms with Crippen molar-refractivity contribution in [3.8, 4) is 6.07 Å². The average Bonchev–Trinajstić information content (AvgIpc) is 3.33. The van der Waals surface area contributed by atoms with Crippen LogP contribution < -0.4 is 0 Å². The highest BCUT2D eigenvalue weighted by atomic mass is 16.1. The smallest absolute Gasteiger partial charge is 0.157 e. The standard InChI is InChI=1S/C24H33N3O/c1-15-2-4-18-17(10-15)3-5-20-19(18)6-7-22-21(20)8-9-23(22)24(28)14-27-13-16(11-25)12-26-27/h12-13,15,17-23H,2-10,14H2,1H3/t15-,17?,18-,19?,20+,21?,22-,23-/m0/s1. The Kier molecular flexibility index (Phi) is 4.81. The fourth-order valence-corrected chi connectivity index (χ4v) is 7.93. The van der Waals surface area contributed by atoms with E-state index in [9.17, 15) is 4.79 Å². The van der Waals surface area contributed by atoms with E-state index in [-0.39, 0.29) is 5.92 Å². The molecule has 1 aromatic heterocycles. The highest BCUT2D eigenvalue weighted by Gasteiger charge is 2.52. The van der Waals surface area contributed by atoms with E-state index in [0.717, 1.165) is 41.9 Å². The maximum atomic E-state index is 13.0. The van der Waals surface area contributed by atoms with E-state index in [4.69, 9.17) is 5.26 Å². The maximum Gasteiger partial charge on any atom is 0.157 e. The molecule has 0 radical (unpaired) electrons. The first-order valence-corrected chi connectivity index (χ1v) is 11.6. The van der Waals surface area contributed by atoms with Gasteiger partial charge in [0.25, 0.3) is 0 Å². The van der Waals surface area contributed by atoms with E-state index < -0.39 is 0 Å². The number of ketones is 1. The van der Waals surface area contributed by atoms with Crippen molar-refractivity contribution >= 4 is 5.78 Å². The molecule has 150 valence electrons. The molecule has 28 heavy (non-hydrogen) atoms. The van der Waals surface area contributed by atoms with Crippen LogP contribution in [0.1, 0.15) is 70.3 Å². The molecule has 0 aromatic carbocycles. The van der Waals surface area contributed by atoms with E-state index in [0.29, 0.717) is 23.8 Å². The summed E-state index contributed by atoms with van der Waals surface area (Å²) in [4.78, 5) is 13.0. The largest absolute Gasteiger partial charge is 0.297 e. The summed E-state index contributed by atoms with van der Waals surface area (Å²) < 4.78 is 1.66. The minimum atomic E-state index is 0.227. The van der Waals surface area contributed by atoms with Crippen LogP contribution in [-0.2, 0) is 11.3 Å². The van der Waals surface area contributed by atoms with Crippen LogP contribution in [0.25, 0.3) is 0 Å². The van der Waals surface area contributed by atoms with Gasteiger partial charge in [-0.15, -0.1) is 0 Å². The van der Waals surface area contributed by atoms with E-state index in [1.807, 2.05) is 0 Å². The Hall–Kier alpha value is -1.63. The Bertz CT molecular complexity index is 777. The van der Waals surface area contributed by atoms with Gasteiger partial charge in [-0.2, -0.15) is 10.4 Å². The molecule has 5 rings (SSSR count). The van der Waals surface area contributed by atoms with Crippen molar-refractivity contribution in [2.24, 2.45) is 47.3 Å². The normalized spacial score (nSPS) is 42.1. The molecule has 4 aliphatic carbocycles. The molecule has 3 unspecified atom stereocenters. The molecular formula is C24H33N3O. The average molecular weight is 380 g/mol. The summed E-state index contributed by atoms with van der Waals surface area (Å²) in [5.41, 5.74) is 0.538. The van der Waals surface area contributed by atoms with Crippen molar-refractivity contribution < 1.29 is 4.79 Å². The molecule has 0 bridgehead atoms. The van der Waals surface area contributed by atoms with Crippen molar-refractivity contribution in [3.05, 3.63) is 18.0 Å². The van der Waals surface area contributed by atoms with Gasteiger partial charge in [0.1, 0.15) is 6.07 Å². The van der Waals surface area contributed by atoms with Gasteiger partial charge < -0.3 is 0 Å². The number of carbonyl (C=O) groups excluding carboxylic acids is 1. The number of rotatable bonds is 3. The summed E-state index contributed by atoms with van der Waals surface area (Å²) in [5, 5.41) is 13.2. The lowest BCUT2D eigenvalue weighted by Gasteiger charge is -2.53. The molecule has 0 N–H and O–H groups in total. The molecule has 4 heteroatoms. The topological polar surface area (TPSA) is 58.7 Å². The summed E-state index contributed by atoms with van der Waals surface area (Å²) >= 11 is 0. The van der Waals surface area contributed by atoms with Gasteiger partial charge in [-0.25, -0.2) is 0 Å². The van der Waals surface area contributed by atoms with Gasteiger partial charge >= 0.3 is 0 Å². The molecule has 4 fully saturated rings. The van der Waals surface area contributed by atoms with Crippen molar-refractivity contribution in [2.75, 3.05) is 0 Å².